The highest BCUT2D eigenvalue weighted by molar-refractivity contribution is 8.14. The van der Waals surface area contributed by atoms with E-state index in [4.69, 9.17) is 4.99 Å². The molecule has 0 saturated heterocycles. The summed E-state index contributed by atoms with van der Waals surface area (Å²) >= 11 is 1.37. The second kappa shape index (κ2) is 8.83. The van der Waals surface area contributed by atoms with Crippen LogP contribution in [0.3, 0.4) is 0 Å². The van der Waals surface area contributed by atoms with Gasteiger partial charge in [0, 0.05) is 12.1 Å². The van der Waals surface area contributed by atoms with Gasteiger partial charge < -0.3 is 5.32 Å². The van der Waals surface area contributed by atoms with Gasteiger partial charge in [-0.05, 0) is 31.0 Å². The van der Waals surface area contributed by atoms with E-state index in [1.807, 2.05) is 73.3 Å². The van der Waals surface area contributed by atoms with Crippen LogP contribution in [-0.4, -0.2) is 39.0 Å². The molecule has 0 aromatic heterocycles. The van der Waals surface area contributed by atoms with Gasteiger partial charge in [0.2, 0.25) is 5.91 Å². The minimum Gasteiger partial charge on any atom is -0.351 e. The van der Waals surface area contributed by atoms with E-state index < -0.39 is 0 Å². The van der Waals surface area contributed by atoms with Crippen molar-refractivity contribution in [2.45, 2.75) is 44.5 Å². The molecule has 2 aromatic rings. The molecule has 0 fully saturated rings. The van der Waals surface area contributed by atoms with E-state index in [1.165, 1.54) is 11.8 Å². The summed E-state index contributed by atoms with van der Waals surface area (Å²) < 4.78 is 0. The first-order valence-corrected chi connectivity index (χ1v) is 11.0. The Morgan fingerprint density at radius 3 is 2.63 bits per heavy atom. The molecule has 4 rings (SSSR count). The maximum atomic E-state index is 12.7. The van der Waals surface area contributed by atoms with Gasteiger partial charge in [-0.15, -0.1) is 0 Å². The average Bonchev–Trinajstić information content (AvgIpc) is 3.09. The first kappa shape index (κ1) is 20.3. The normalized spacial score (nSPS) is 18.3. The van der Waals surface area contributed by atoms with E-state index in [1.54, 1.807) is 0 Å². The number of amides is 2. The molecule has 6 nitrogen and oxygen atoms in total. The highest BCUT2D eigenvalue weighted by atomic mass is 32.2. The number of hydrogen-bond donors (Lipinski definition) is 1. The first-order valence-electron chi connectivity index (χ1n) is 10.2. The fraction of sp³-hybridized carbons (Fsp3) is 0.304. The predicted molar refractivity (Wildman–Crippen MR) is 121 cm³/mol. The average molecular weight is 421 g/mol. The number of aliphatic imine (C=N–C) groups is 2. The highest BCUT2D eigenvalue weighted by Crippen LogP contribution is 2.36. The van der Waals surface area contributed by atoms with E-state index in [0.717, 1.165) is 23.2 Å². The van der Waals surface area contributed by atoms with Crippen molar-refractivity contribution < 1.29 is 9.59 Å². The molecular weight excluding hydrogens is 396 g/mol. The van der Waals surface area contributed by atoms with Crippen molar-refractivity contribution in [1.29, 1.82) is 0 Å². The van der Waals surface area contributed by atoms with Crippen molar-refractivity contribution in [3.05, 3.63) is 65.7 Å². The standard InChI is InChI=1S/C23H24N4O2S/c1-3-9-19-22(29)26-20-17-12-7-8-13-18(17)25-23(27(19)20)30-15(2)21(28)24-14-16-10-5-4-6-11-16/h4-8,10-13,15,19H,3,9,14H2,1-2H3,(H,24,28). The fourth-order valence-corrected chi connectivity index (χ4v) is 4.56. The van der Waals surface area contributed by atoms with Crippen molar-refractivity contribution in [3.8, 4) is 0 Å². The number of para-hydroxylation sites is 1. The summed E-state index contributed by atoms with van der Waals surface area (Å²) in [4.78, 5) is 36.3. The Hall–Kier alpha value is -2.93. The molecule has 2 atom stereocenters. The summed E-state index contributed by atoms with van der Waals surface area (Å²) in [7, 11) is 0. The lowest BCUT2D eigenvalue weighted by atomic mass is 10.1. The van der Waals surface area contributed by atoms with Crippen molar-refractivity contribution in [3.63, 3.8) is 0 Å². The number of nitrogens with one attached hydrogen (secondary N) is 1. The Kier molecular flexibility index (Phi) is 5.99. The third kappa shape index (κ3) is 4.03. The Labute approximate surface area is 180 Å². The number of amidine groups is 2. The van der Waals surface area contributed by atoms with Crippen LogP contribution in [-0.2, 0) is 16.1 Å². The molecule has 30 heavy (non-hydrogen) atoms. The zero-order valence-electron chi connectivity index (χ0n) is 17.0. The maximum absolute atomic E-state index is 12.7. The van der Waals surface area contributed by atoms with Crippen molar-refractivity contribution >= 4 is 40.3 Å². The zero-order valence-corrected chi connectivity index (χ0v) is 17.9. The van der Waals surface area contributed by atoms with Crippen molar-refractivity contribution in [1.82, 2.24) is 10.2 Å². The van der Waals surface area contributed by atoms with E-state index in [-0.39, 0.29) is 23.1 Å². The van der Waals surface area contributed by atoms with Crippen molar-refractivity contribution in [2.75, 3.05) is 0 Å². The Bertz CT molecular complexity index is 1020. The molecule has 2 amide bonds. The smallest absolute Gasteiger partial charge is 0.270 e. The molecule has 0 aliphatic carbocycles. The van der Waals surface area contributed by atoms with E-state index in [0.29, 0.717) is 24.0 Å². The quantitative estimate of drug-likeness (QED) is 0.770. The first-order chi connectivity index (χ1) is 14.6. The molecule has 2 aromatic carbocycles. The molecule has 0 saturated carbocycles. The molecule has 7 heteroatoms. The largest absolute Gasteiger partial charge is 0.351 e. The van der Waals surface area contributed by atoms with Gasteiger partial charge in [0.25, 0.3) is 5.91 Å². The summed E-state index contributed by atoms with van der Waals surface area (Å²) in [5, 5.41) is 3.27. The lowest BCUT2D eigenvalue weighted by Crippen LogP contribution is -2.44. The van der Waals surface area contributed by atoms with Gasteiger partial charge in [-0.25, -0.2) is 4.99 Å². The van der Waals surface area contributed by atoms with Crippen LogP contribution in [0.1, 0.15) is 37.8 Å². The number of nitrogens with zero attached hydrogens (tertiary/aromatic N) is 3. The molecule has 2 aliphatic heterocycles. The third-order valence-corrected chi connectivity index (χ3v) is 6.20. The van der Waals surface area contributed by atoms with Gasteiger partial charge in [-0.3, -0.25) is 14.5 Å². The van der Waals surface area contributed by atoms with E-state index in [9.17, 15) is 9.59 Å². The monoisotopic (exact) mass is 420 g/mol. The number of rotatable bonds is 6. The van der Waals surface area contributed by atoms with Crippen LogP contribution < -0.4 is 5.32 Å². The van der Waals surface area contributed by atoms with Crippen LogP contribution in [0, 0.1) is 0 Å². The summed E-state index contributed by atoms with van der Waals surface area (Å²) in [6, 6.07) is 17.1. The SMILES string of the molecule is CCCC1C(=O)N=C2c3ccccc3N=C(SC(C)C(=O)NCc3ccccc3)N21. The number of carbonyl (C=O) groups is 2. The minimum absolute atomic E-state index is 0.0681. The number of thioether (sulfide) groups is 1. The molecule has 0 spiro atoms. The van der Waals surface area contributed by atoms with E-state index >= 15 is 0 Å². The molecule has 2 aliphatic rings. The summed E-state index contributed by atoms with van der Waals surface area (Å²) in [6.07, 6.45) is 1.56. The number of carbonyl (C=O) groups excluding carboxylic acids is 2. The summed E-state index contributed by atoms with van der Waals surface area (Å²) in [5.41, 5.74) is 2.68. The van der Waals surface area contributed by atoms with Crippen LogP contribution in [0.4, 0.5) is 5.69 Å². The van der Waals surface area contributed by atoms with Gasteiger partial charge in [-0.1, -0.05) is 67.6 Å². The number of hydrogen-bond acceptors (Lipinski definition) is 5. The molecule has 2 heterocycles. The molecule has 0 bridgehead atoms. The second-order valence-corrected chi connectivity index (χ2v) is 8.63. The van der Waals surface area contributed by atoms with Crippen LogP contribution >= 0.6 is 11.8 Å². The Balaban J connectivity index is 1.54. The zero-order chi connectivity index (χ0) is 21.1. The lowest BCUT2D eigenvalue weighted by Gasteiger charge is -2.31. The van der Waals surface area contributed by atoms with Crippen LogP contribution in [0.2, 0.25) is 0 Å². The molecule has 154 valence electrons. The summed E-state index contributed by atoms with van der Waals surface area (Å²) in [6.45, 7) is 4.39. The minimum atomic E-state index is -0.364. The number of benzene rings is 2. The number of fused-ring (bicyclic) bond motifs is 3. The van der Waals surface area contributed by atoms with Crippen molar-refractivity contribution in [2.24, 2.45) is 9.98 Å². The highest BCUT2D eigenvalue weighted by Gasteiger charge is 2.41. The van der Waals surface area contributed by atoms with Gasteiger partial charge in [0.05, 0.1) is 10.9 Å². The second-order valence-electron chi connectivity index (χ2n) is 7.32. The Morgan fingerprint density at radius 2 is 1.87 bits per heavy atom. The van der Waals surface area contributed by atoms with E-state index in [2.05, 4.69) is 10.3 Å². The van der Waals surface area contributed by atoms with Gasteiger partial charge >= 0.3 is 0 Å². The van der Waals surface area contributed by atoms with Crippen LogP contribution in [0.15, 0.2) is 64.6 Å². The third-order valence-electron chi connectivity index (χ3n) is 5.13. The molecule has 1 N–H and O–H groups in total. The Morgan fingerprint density at radius 1 is 1.13 bits per heavy atom. The van der Waals surface area contributed by atoms with Gasteiger partial charge in [0.15, 0.2) is 5.17 Å². The molecular formula is C23H24N4O2S. The topological polar surface area (TPSA) is 74.1 Å². The summed E-state index contributed by atoms with van der Waals surface area (Å²) in [5.74, 6) is 0.433. The maximum Gasteiger partial charge on any atom is 0.270 e. The molecule has 0 radical (unpaired) electrons. The fourth-order valence-electron chi connectivity index (χ4n) is 3.57. The van der Waals surface area contributed by atoms with Crippen LogP contribution in [0.5, 0.6) is 0 Å². The molecule has 2 unspecified atom stereocenters. The van der Waals surface area contributed by atoms with Gasteiger partial charge in [-0.2, -0.15) is 4.99 Å². The predicted octanol–water partition coefficient (Wildman–Crippen LogP) is 3.88. The van der Waals surface area contributed by atoms with Crippen LogP contribution in [0.25, 0.3) is 0 Å². The lowest BCUT2D eigenvalue weighted by molar-refractivity contribution is -0.120. The van der Waals surface area contributed by atoms with Gasteiger partial charge in [0.1, 0.15) is 11.9 Å².